The van der Waals surface area contributed by atoms with Crippen molar-refractivity contribution in [2.75, 3.05) is 33.9 Å². The summed E-state index contributed by atoms with van der Waals surface area (Å²) in [7, 11) is 3.39. The van der Waals surface area contributed by atoms with Gasteiger partial charge in [0.2, 0.25) is 5.91 Å². The summed E-state index contributed by atoms with van der Waals surface area (Å²) in [4.78, 5) is 13.6. The number of carbonyl (C=O) groups is 1. The van der Waals surface area contributed by atoms with E-state index in [0.717, 1.165) is 19.4 Å². The molecule has 5 heteroatoms. The van der Waals surface area contributed by atoms with Gasteiger partial charge in [-0.3, -0.25) is 4.79 Å². The molecule has 0 aliphatic carbocycles. The second-order valence-corrected chi connectivity index (χ2v) is 4.60. The maximum atomic E-state index is 11.9. The van der Waals surface area contributed by atoms with Gasteiger partial charge in [0, 0.05) is 33.9 Å². The second-order valence-electron chi connectivity index (χ2n) is 4.60. The van der Waals surface area contributed by atoms with E-state index in [1.807, 2.05) is 0 Å². The van der Waals surface area contributed by atoms with Crippen molar-refractivity contribution in [1.82, 2.24) is 4.90 Å². The van der Waals surface area contributed by atoms with Gasteiger partial charge in [0.15, 0.2) is 0 Å². The first-order chi connectivity index (χ1) is 8.15. The SMILES string of the molecule is COCCC(N)C(=O)N(C)CC1CCCCO1. The third-order valence-electron chi connectivity index (χ3n) is 3.08. The summed E-state index contributed by atoms with van der Waals surface area (Å²) in [5, 5.41) is 0. The van der Waals surface area contributed by atoms with Crippen molar-refractivity contribution in [3.05, 3.63) is 0 Å². The smallest absolute Gasteiger partial charge is 0.239 e. The van der Waals surface area contributed by atoms with Crippen molar-refractivity contribution in [1.29, 1.82) is 0 Å². The summed E-state index contributed by atoms with van der Waals surface area (Å²) in [6.07, 6.45) is 4.08. The first-order valence-corrected chi connectivity index (χ1v) is 6.26. The van der Waals surface area contributed by atoms with Crippen LogP contribution in [0, 0.1) is 0 Å². The van der Waals surface area contributed by atoms with E-state index in [9.17, 15) is 4.79 Å². The zero-order valence-corrected chi connectivity index (χ0v) is 10.9. The Balaban J connectivity index is 2.29. The first kappa shape index (κ1) is 14.4. The molecule has 5 nitrogen and oxygen atoms in total. The Morgan fingerprint density at radius 3 is 2.94 bits per heavy atom. The molecule has 0 aromatic rings. The summed E-state index contributed by atoms with van der Waals surface area (Å²) in [5.74, 6) is -0.0313. The summed E-state index contributed by atoms with van der Waals surface area (Å²) >= 11 is 0. The lowest BCUT2D eigenvalue weighted by Crippen LogP contribution is -2.45. The Morgan fingerprint density at radius 2 is 2.35 bits per heavy atom. The van der Waals surface area contributed by atoms with E-state index >= 15 is 0 Å². The topological polar surface area (TPSA) is 64.8 Å². The van der Waals surface area contributed by atoms with E-state index in [2.05, 4.69) is 0 Å². The lowest BCUT2D eigenvalue weighted by atomic mass is 10.1. The molecule has 2 unspecified atom stereocenters. The van der Waals surface area contributed by atoms with E-state index in [-0.39, 0.29) is 12.0 Å². The molecule has 100 valence electrons. The number of amides is 1. The van der Waals surface area contributed by atoms with Crippen LogP contribution in [0.15, 0.2) is 0 Å². The zero-order chi connectivity index (χ0) is 12.7. The Morgan fingerprint density at radius 1 is 1.59 bits per heavy atom. The van der Waals surface area contributed by atoms with Crippen LogP contribution in [0.3, 0.4) is 0 Å². The van der Waals surface area contributed by atoms with Gasteiger partial charge in [-0.25, -0.2) is 0 Å². The fraction of sp³-hybridized carbons (Fsp3) is 0.917. The minimum Gasteiger partial charge on any atom is -0.385 e. The molecule has 1 aliphatic rings. The van der Waals surface area contributed by atoms with Gasteiger partial charge in [-0.05, 0) is 25.7 Å². The van der Waals surface area contributed by atoms with Gasteiger partial charge in [-0.2, -0.15) is 0 Å². The molecule has 0 aromatic heterocycles. The monoisotopic (exact) mass is 244 g/mol. The molecule has 0 bridgehead atoms. The van der Waals surface area contributed by atoms with Crippen LogP contribution in [0.5, 0.6) is 0 Å². The Labute approximate surface area is 103 Å². The molecule has 0 saturated carbocycles. The average molecular weight is 244 g/mol. The lowest BCUT2D eigenvalue weighted by Gasteiger charge is -2.28. The molecular formula is C12H24N2O3. The molecule has 1 amide bonds. The fourth-order valence-electron chi connectivity index (χ4n) is 2.00. The molecule has 17 heavy (non-hydrogen) atoms. The first-order valence-electron chi connectivity index (χ1n) is 6.26. The second kappa shape index (κ2) is 7.63. The van der Waals surface area contributed by atoms with Gasteiger partial charge < -0.3 is 20.1 Å². The minimum atomic E-state index is -0.469. The summed E-state index contributed by atoms with van der Waals surface area (Å²) in [6.45, 7) is 1.96. The van der Waals surface area contributed by atoms with E-state index in [1.165, 1.54) is 6.42 Å². The molecule has 0 radical (unpaired) electrons. The molecule has 1 aliphatic heterocycles. The average Bonchev–Trinajstić information content (AvgIpc) is 2.36. The van der Waals surface area contributed by atoms with Crippen molar-refractivity contribution in [3.63, 3.8) is 0 Å². The summed E-state index contributed by atoms with van der Waals surface area (Å²) < 4.78 is 10.5. The third-order valence-corrected chi connectivity index (χ3v) is 3.08. The van der Waals surface area contributed by atoms with E-state index in [1.54, 1.807) is 19.1 Å². The van der Waals surface area contributed by atoms with E-state index < -0.39 is 6.04 Å². The predicted octanol–water partition coefficient (Wildman–Crippen LogP) is 0.378. The summed E-state index contributed by atoms with van der Waals surface area (Å²) in [5.41, 5.74) is 5.80. The maximum Gasteiger partial charge on any atom is 0.239 e. The van der Waals surface area contributed by atoms with Gasteiger partial charge >= 0.3 is 0 Å². The molecule has 2 atom stereocenters. The number of likely N-dealkylation sites (N-methyl/N-ethyl adjacent to an activating group) is 1. The lowest BCUT2D eigenvalue weighted by molar-refractivity contribution is -0.134. The van der Waals surface area contributed by atoms with Crippen LogP contribution in [0.25, 0.3) is 0 Å². The maximum absolute atomic E-state index is 11.9. The highest BCUT2D eigenvalue weighted by atomic mass is 16.5. The largest absolute Gasteiger partial charge is 0.385 e. The van der Waals surface area contributed by atoms with Crippen LogP contribution in [0.4, 0.5) is 0 Å². The van der Waals surface area contributed by atoms with Gasteiger partial charge in [-0.1, -0.05) is 0 Å². The minimum absolute atomic E-state index is 0.0313. The molecular weight excluding hydrogens is 220 g/mol. The standard InChI is InChI=1S/C12H24N2O3/c1-14(9-10-5-3-4-7-17-10)12(15)11(13)6-8-16-2/h10-11H,3-9,13H2,1-2H3. The summed E-state index contributed by atoms with van der Waals surface area (Å²) in [6, 6.07) is -0.469. The molecule has 1 heterocycles. The van der Waals surface area contributed by atoms with Crippen LogP contribution < -0.4 is 5.73 Å². The third kappa shape index (κ3) is 5.02. The highest BCUT2D eigenvalue weighted by Crippen LogP contribution is 2.13. The van der Waals surface area contributed by atoms with Crippen molar-refractivity contribution in [2.24, 2.45) is 5.73 Å². The number of rotatable bonds is 6. The van der Waals surface area contributed by atoms with E-state index in [4.69, 9.17) is 15.2 Å². The van der Waals surface area contributed by atoms with Gasteiger partial charge in [0.25, 0.3) is 0 Å². The van der Waals surface area contributed by atoms with Gasteiger partial charge in [0.1, 0.15) is 0 Å². The quantitative estimate of drug-likeness (QED) is 0.733. The van der Waals surface area contributed by atoms with Crippen LogP contribution in [0.2, 0.25) is 0 Å². The number of nitrogens with zero attached hydrogens (tertiary/aromatic N) is 1. The Kier molecular flexibility index (Phi) is 6.47. The molecule has 1 rings (SSSR count). The number of hydrogen-bond donors (Lipinski definition) is 1. The number of ether oxygens (including phenoxy) is 2. The predicted molar refractivity (Wildman–Crippen MR) is 65.7 cm³/mol. The van der Waals surface area contributed by atoms with Crippen molar-refractivity contribution >= 4 is 5.91 Å². The molecule has 1 saturated heterocycles. The number of carbonyl (C=O) groups excluding carboxylic acids is 1. The Hall–Kier alpha value is -0.650. The fourth-order valence-corrected chi connectivity index (χ4v) is 2.00. The number of nitrogens with two attached hydrogens (primary N) is 1. The highest BCUT2D eigenvalue weighted by molar-refractivity contribution is 5.81. The molecule has 0 aromatic carbocycles. The van der Waals surface area contributed by atoms with Crippen molar-refractivity contribution < 1.29 is 14.3 Å². The zero-order valence-electron chi connectivity index (χ0n) is 10.9. The van der Waals surface area contributed by atoms with Crippen LogP contribution >= 0.6 is 0 Å². The molecule has 1 fully saturated rings. The molecule has 0 spiro atoms. The van der Waals surface area contributed by atoms with Crippen molar-refractivity contribution in [3.8, 4) is 0 Å². The highest BCUT2D eigenvalue weighted by Gasteiger charge is 2.22. The van der Waals surface area contributed by atoms with E-state index in [0.29, 0.717) is 19.6 Å². The van der Waals surface area contributed by atoms with Crippen LogP contribution in [-0.4, -0.2) is 56.9 Å². The number of methoxy groups -OCH3 is 1. The number of hydrogen-bond acceptors (Lipinski definition) is 4. The van der Waals surface area contributed by atoms with Crippen LogP contribution in [0.1, 0.15) is 25.7 Å². The van der Waals surface area contributed by atoms with Gasteiger partial charge in [-0.15, -0.1) is 0 Å². The van der Waals surface area contributed by atoms with Crippen LogP contribution in [-0.2, 0) is 14.3 Å². The Bertz CT molecular complexity index is 230. The van der Waals surface area contributed by atoms with Crippen molar-refractivity contribution in [2.45, 2.75) is 37.8 Å². The molecule has 2 N–H and O–H groups in total. The van der Waals surface area contributed by atoms with Gasteiger partial charge in [0.05, 0.1) is 12.1 Å². The normalized spacial score (nSPS) is 22.2.